The Labute approximate surface area is 396 Å². The normalized spacial score (nSPS) is 11.9. The van der Waals surface area contributed by atoms with E-state index in [1.165, 1.54) is 39.1 Å². The summed E-state index contributed by atoms with van der Waals surface area (Å²) in [5.41, 5.74) is 15.4. The number of nitrogens with zero attached hydrogens (tertiary/aromatic N) is 4. The Hall–Kier alpha value is -5.14. The van der Waals surface area contributed by atoms with E-state index in [1.807, 2.05) is 24.3 Å². The molecule has 9 aromatic rings. The van der Waals surface area contributed by atoms with Crippen LogP contribution in [-0.4, -0.2) is 32.8 Å². The molecule has 0 aliphatic rings. The molecular weight excluding hydrogens is 1020 g/mol. The van der Waals surface area contributed by atoms with Crippen LogP contribution in [0.3, 0.4) is 0 Å². The number of para-hydroxylation sites is 2. The Morgan fingerprint density at radius 3 is 2.00 bits per heavy atom. The molecule has 7 heteroatoms. The molecule has 9 rings (SSSR count). The fourth-order valence-corrected chi connectivity index (χ4v) is 12.2. The monoisotopic (exact) mass is 1080 g/mol. The molecule has 0 N–H and O–H groups in total. The third kappa shape index (κ3) is 9.47. The smallest absolute Gasteiger partial charge is 0.216 e. The second-order valence-electron chi connectivity index (χ2n) is 19.2. The fraction of sp³-hybridized carbons (Fsp3) is 0.281. The Morgan fingerprint density at radius 2 is 1.36 bits per heavy atom. The molecule has 0 unspecified atom stereocenters. The number of hydrogen-bond donors (Lipinski definition) is 0. The summed E-state index contributed by atoms with van der Waals surface area (Å²) in [6.45, 7) is 18.1. The summed E-state index contributed by atoms with van der Waals surface area (Å²) in [4.78, 5) is 14.6. The van der Waals surface area contributed by atoms with E-state index < -0.39 is 13.3 Å². The van der Waals surface area contributed by atoms with Gasteiger partial charge in [-0.1, -0.05) is 101 Å². The number of hydrogen-bond acceptors (Lipinski definition) is 4. The van der Waals surface area contributed by atoms with Crippen LogP contribution in [0.15, 0.2) is 132 Å². The quantitative estimate of drug-likeness (QED) is 0.101. The van der Waals surface area contributed by atoms with Gasteiger partial charge in [-0.25, -0.2) is 4.98 Å². The predicted molar refractivity (Wildman–Crippen MR) is 268 cm³/mol. The van der Waals surface area contributed by atoms with Crippen LogP contribution in [0.5, 0.6) is 0 Å². The second-order valence-corrected chi connectivity index (χ2v) is 29.8. The summed E-state index contributed by atoms with van der Waals surface area (Å²) in [5, 5.41) is 2.12. The van der Waals surface area contributed by atoms with Gasteiger partial charge >= 0.3 is 126 Å². The van der Waals surface area contributed by atoms with Crippen LogP contribution < -0.4 is 4.40 Å². The van der Waals surface area contributed by atoms with Gasteiger partial charge in [0.2, 0.25) is 5.71 Å². The van der Waals surface area contributed by atoms with E-state index in [9.17, 15) is 0 Å². The van der Waals surface area contributed by atoms with Gasteiger partial charge in [-0.2, -0.15) is 0 Å². The first-order chi connectivity index (χ1) is 30.2. The molecule has 0 bridgehead atoms. The second kappa shape index (κ2) is 19.5. The maximum Gasteiger partial charge on any atom is 0.216 e. The van der Waals surface area contributed by atoms with Crippen molar-refractivity contribution in [2.45, 2.75) is 96.8 Å². The van der Waals surface area contributed by atoms with Crippen molar-refractivity contribution in [2.75, 3.05) is 0 Å². The van der Waals surface area contributed by atoms with Crippen molar-refractivity contribution in [1.29, 1.82) is 0 Å². The minimum Gasteiger partial charge on any atom is -0.486 e. The molecule has 0 saturated carbocycles. The van der Waals surface area contributed by atoms with Gasteiger partial charge in [-0.3, -0.25) is 4.98 Å². The Bertz CT molecular complexity index is 3000. The van der Waals surface area contributed by atoms with Crippen LogP contribution in [-0.2, 0) is 26.5 Å². The zero-order chi connectivity index (χ0) is 44.6. The molecule has 0 aliphatic heterocycles. The predicted octanol–water partition coefficient (Wildman–Crippen LogP) is 15.1. The molecule has 0 saturated heterocycles. The Kier molecular flexibility index (Phi) is 14.3. The van der Waals surface area contributed by atoms with E-state index >= 15 is 0 Å². The summed E-state index contributed by atoms with van der Waals surface area (Å²) < 4.78 is 10.4. The van der Waals surface area contributed by atoms with Crippen molar-refractivity contribution in [1.82, 2.24) is 19.5 Å². The van der Waals surface area contributed by atoms with Gasteiger partial charge in [0, 0.05) is 37.4 Å². The average Bonchev–Trinajstić information content (AvgIpc) is 3.85. The van der Waals surface area contributed by atoms with E-state index in [4.69, 9.17) is 14.4 Å². The standard InChI is InChI=1S/C39H36N3O.C18H24GeN.Ir/c1-23(2)28-18-19-30(37-35(28)29-15-12-20-40-39(29)43-37)38-41-33-16-10-11-17-34(33)42(38)36-31(24(3)4)21-27(22-32(36)25(5)6)26-13-8-7-9-14-26;1-14(2)11-16-12-18(15-9-7-6-8-10-15)20-13-17(16)19(3,4)5;/h7-18,20-25H,1-6H3;6-9,12-14H,11H2,1-5H3;/q2*-1;. The van der Waals surface area contributed by atoms with Gasteiger partial charge in [-0.15, -0.1) is 17.7 Å². The first-order valence-corrected chi connectivity index (χ1v) is 29.9. The van der Waals surface area contributed by atoms with E-state index in [0.29, 0.717) is 17.5 Å². The molecule has 329 valence electrons. The van der Waals surface area contributed by atoms with Crippen molar-refractivity contribution in [3.05, 3.63) is 162 Å². The van der Waals surface area contributed by atoms with Crippen molar-refractivity contribution in [3.8, 4) is 39.5 Å². The number of rotatable bonds is 10. The zero-order valence-electron chi connectivity index (χ0n) is 39.2. The largest absolute Gasteiger partial charge is 0.486 e. The summed E-state index contributed by atoms with van der Waals surface area (Å²) in [6.07, 6.45) is 5.06. The Morgan fingerprint density at radius 1 is 0.688 bits per heavy atom. The molecular formula is C57H60GeIrN4O-2. The molecule has 0 fully saturated rings. The zero-order valence-corrected chi connectivity index (χ0v) is 43.7. The molecule has 0 aliphatic carbocycles. The SMILES string of the molecule is CC(C)Cc1cc(-c2[c-]cccc2)nc[c]1[Ge]([CH3])([CH3])[CH3].CC(C)c1cc(-c2ccccc2)cc(C(C)C)c1-n1c(-c2[c-]cc(C(C)C)c3c2oc2ncccc23)nc2ccccc21.[Ir]. The fourth-order valence-electron chi connectivity index (χ4n) is 8.82. The van der Waals surface area contributed by atoms with Gasteiger partial charge < -0.3 is 8.98 Å². The topological polar surface area (TPSA) is 56.7 Å². The van der Waals surface area contributed by atoms with E-state index in [2.05, 4.69) is 192 Å². The third-order valence-electron chi connectivity index (χ3n) is 11.9. The molecule has 0 amide bonds. The first-order valence-electron chi connectivity index (χ1n) is 22.6. The van der Waals surface area contributed by atoms with Crippen LogP contribution in [0.2, 0.25) is 17.3 Å². The third-order valence-corrected chi connectivity index (χ3v) is 16.3. The van der Waals surface area contributed by atoms with Crippen LogP contribution in [0.4, 0.5) is 0 Å². The van der Waals surface area contributed by atoms with Gasteiger partial charge in [-0.05, 0) is 70.5 Å². The molecule has 0 atom stereocenters. The number of benzene rings is 5. The van der Waals surface area contributed by atoms with Crippen LogP contribution in [0.1, 0.15) is 95.4 Å². The molecule has 1 radical (unpaired) electrons. The summed E-state index contributed by atoms with van der Waals surface area (Å²) in [7, 11) is 0. The molecule has 5 nitrogen and oxygen atoms in total. The molecule has 0 spiro atoms. The number of fused-ring (bicyclic) bond motifs is 4. The van der Waals surface area contributed by atoms with Gasteiger partial charge in [0.25, 0.3) is 0 Å². The van der Waals surface area contributed by atoms with Crippen molar-refractivity contribution in [3.63, 3.8) is 0 Å². The Balaban J connectivity index is 0.000000246. The van der Waals surface area contributed by atoms with Crippen molar-refractivity contribution in [2.24, 2.45) is 5.92 Å². The maximum atomic E-state index is 6.55. The number of aromatic nitrogens is 4. The van der Waals surface area contributed by atoms with Crippen LogP contribution in [0.25, 0.3) is 72.6 Å². The van der Waals surface area contributed by atoms with E-state index in [1.54, 1.807) is 10.6 Å². The van der Waals surface area contributed by atoms with Crippen LogP contribution >= 0.6 is 0 Å². The van der Waals surface area contributed by atoms with E-state index in [0.717, 1.165) is 56.5 Å². The van der Waals surface area contributed by atoms with Crippen molar-refractivity contribution < 1.29 is 24.5 Å². The summed E-state index contributed by atoms with van der Waals surface area (Å²) >= 11 is -1.86. The molecule has 4 aromatic heterocycles. The number of pyridine rings is 2. The van der Waals surface area contributed by atoms with Gasteiger partial charge in [0.1, 0.15) is 0 Å². The molecule has 4 heterocycles. The summed E-state index contributed by atoms with van der Waals surface area (Å²) in [6, 6.07) is 47.3. The molecule has 64 heavy (non-hydrogen) atoms. The van der Waals surface area contributed by atoms with Crippen LogP contribution in [0, 0.1) is 18.1 Å². The first kappa shape index (κ1) is 46.8. The summed E-state index contributed by atoms with van der Waals surface area (Å²) in [5.74, 6) is 9.70. The van der Waals surface area contributed by atoms with E-state index in [-0.39, 0.29) is 31.9 Å². The number of imidazole rings is 1. The van der Waals surface area contributed by atoms with Crippen molar-refractivity contribution >= 4 is 50.8 Å². The average molecular weight is 1080 g/mol. The minimum atomic E-state index is -1.86. The molecule has 5 aromatic carbocycles. The van der Waals surface area contributed by atoms with Gasteiger partial charge in [0.15, 0.2) is 0 Å². The number of furan rings is 1. The maximum absolute atomic E-state index is 6.55. The minimum absolute atomic E-state index is 0. The van der Waals surface area contributed by atoms with Gasteiger partial charge in [0.05, 0.1) is 22.4 Å².